The lowest BCUT2D eigenvalue weighted by Crippen LogP contribution is -2.50. The lowest BCUT2D eigenvalue weighted by atomic mass is 10.0. The highest BCUT2D eigenvalue weighted by Crippen LogP contribution is 2.14. The number of rotatable bonds is 21. The molecule has 0 aromatic heterocycles. The number of carbonyl (C=O) groups is 1. The Morgan fingerprint density at radius 1 is 0.714 bits per heavy atom. The molecule has 0 radical (unpaired) electrons. The van der Waals surface area contributed by atoms with Crippen molar-refractivity contribution in [2.24, 2.45) is 0 Å². The van der Waals surface area contributed by atoms with Crippen LogP contribution in [0.3, 0.4) is 0 Å². The lowest BCUT2D eigenvalue weighted by Gasteiger charge is -2.36. The summed E-state index contributed by atoms with van der Waals surface area (Å²) in [6.07, 6.45) is 20.9. The maximum atomic E-state index is 11.2. The average Bonchev–Trinajstić information content (AvgIpc) is 2.72. The molecule has 0 aliphatic heterocycles. The van der Waals surface area contributed by atoms with Crippen molar-refractivity contribution in [3.63, 3.8) is 0 Å². The number of hydrogen-bond acceptors (Lipinski definition) is 2. The smallest absolute Gasteiger partial charge is 0.330 e. The van der Waals surface area contributed by atoms with Crippen molar-refractivity contribution >= 4 is 5.97 Å². The van der Waals surface area contributed by atoms with Gasteiger partial charge >= 0.3 is 5.97 Å². The molecule has 0 amide bonds. The van der Waals surface area contributed by atoms with E-state index in [0.29, 0.717) is 6.61 Å². The van der Waals surface area contributed by atoms with E-state index in [0.717, 1.165) is 24.1 Å². The molecule has 0 aromatic carbocycles. The Bertz CT molecular complexity index is 364. The van der Waals surface area contributed by atoms with Crippen molar-refractivity contribution in [1.29, 1.82) is 0 Å². The van der Waals surface area contributed by atoms with Gasteiger partial charge in [-0.25, -0.2) is 4.79 Å². The number of quaternary nitrogens is 1. The Kier molecular flexibility index (Phi) is 18.9. The number of ether oxygens (including phenoxy) is 1. The minimum absolute atomic E-state index is 0.304. The van der Waals surface area contributed by atoms with Crippen LogP contribution in [0.2, 0.25) is 0 Å². The van der Waals surface area contributed by atoms with Gasteiger partial charge < -0.3 is 9.22 Å². The number of hydrogen-bond donors (Lipinski definition) is 0. The maximum absolute atomic E-state index is 11.2. The highest BCUT2D eigenvalue weighted by Gasteiger charge is 2.22. The molecule has 3 nitrogen and oxygen atoms in total. The number of nitrogens with zero attached hydrogens (tertiary/aromatic N) is 1. The van der Waals surface area contributed by atoms with Crippen LogP contribution in [0.4, 0.5) is 0 Å². The van der Waals surface area contributed by atoms with Gasteiger partial charge in [0.25, 0.3) is 0 Å². The Balaban J connectivity index is 3.59. The predicted octanol–water partition coefficient (Wildman–Crippen LogP) is 7.05. The van der Waals surface area contributed by atoms with Crippen molar-refractivity contribution < 1.29 is 14.0 Å². The van der Waals surface area contributed by atoms with Gasteiger partial charge in [0.1, 0.15) is 13.2 Å². The van der Waals surface area contributed by atoms with Gasteiger partial charge in [-0.2, -0.15) is 0 Å². The van der Waals surface area contributed by atoms with Crippen molar-refractivity contribution in [2.75, 3.05) is 32.8 Å². The summed E-state index contributed by atoms with van der Waals surface area (Å²) in [6.45, 7) is 15.1. The minimum Gasteiger partial charge on any atom is -0.457 e. The molecule has 0 unspecified atom stereocenters. The molecule has 166 valence electrons. The highest BCUT2D eigenvalue weighted by molar-refractivity contribution is 5.81. The fourth-order valence-electron chi connectivity index (χ4n) is 4.01. The van der Waals surface area contributed by atoms with E-state index in [1.165, 1.54) is 103 Å². The van der Waals surface area contributed by atoms with Crippen LogP contribution in [0.1, 0.15) is 111 Å². The Morgan fingerprint density at radius 2 is 1.14 bits per heavy atom. The summed E-state index contributed by atoms with van der Waals surface area (Å²) in [5.74, 6) is -0.304. The summed E-state index contributed by atoms with van der Waals surface area (Å²) >= 11 is 0. The number of carbonyl (C=O) groups excluding carboxylic acids is 1. The van der Waals surface area contributed by atoms with E-state index in [4.69, 9.17) is 4.74 Å². The van der Waals surface area contributed by atoms with E-state index in [1.807, 2.05) is 0 Å². The van der Waals surface area contributed by atoms with E-state index in [2.05, 4.69) is 27.4 Å². The van der Waals surface area contributed by atoms with Crippen molar-refractivity contribution in [2.45, 2.75) is 111 Å². The first-order chi connectivity index (χ1) is 13.6. The second-order valence-electron chi connectivity index (χ2n) is 8.39. The van der Waals surface area contributed by atoms with Crippen LogP contribution in [0, 0.1) is 0 Å². The molecule has 0 atom stereocenters. The second-order valence-corrected chi connectivity index (χ2v) is 8.39. The molecule has 0 rings (SSSR count). The van der Waals surface area contributed by atoms with Gasteiger partial charge in [-0.3, -0.25) is 0 Å². The first kappa shape index (κ1) is 27.2. The summed E-state index contributed by atoms with van der Waals surface area (Å²) in [7, 11) is 0. The fraction of sp³-hybridized carbons (Fsp3) is 0.880. The van der Waals surface area contributed by atoms with E-state index in [9.17, 15) is 4.79 Å². The molecule has 0 aromatic rings. The van der Waals surface area contributed by atoms with E-state index < -0.39 is 0 Å². The van der Waals surface area contributed by atoms with Crippen LogP contribution in [0.15, 0.2) is 12.7 Å². The third-order valence-corrected chi connectivity index (χ3v) is 6.30. The van der Waals surface area contributed by atoms with Gasteiger partial charge in [-0.15, -0.1) is 0 Å². The topological polar surface area (TPSA) is 26.3 Å². The second kappa shape index (κ2) is 19.5. The van der Waals surface area contributed by atoms with Gasteiger partial charge in [0.2, 0.25) is 0 Å². The van der Waals surface area contributed by atoms with Gasteiger partial charge in [0.05, 0.1) is 19.6 Å². The number of likely N-dealkylation sites (N-methyl/N-ethyl adjacent to an activating group) is 1. The van der Waals surface area contributed by atoms with E-state index in [-0.39, 0.29) is 5.97 Å². The standard InChI is InChI=1S/C25H50NO2/c1-5-9-10-11-12-13-14-15-16-17-18-19-20-21-22-26(7-3,8-4)23-24-28-25(27)6-2/h6H,2,5,7-24H2,1,3-4H3/q+1. The van der Waals surface area contributed by atoms with Crippen LogP contribution in [-0.4, -0.2) is 43.2 Å². The van der Waals surface area contributed by atoms with Gasteiger partial charge in [0, 0.05) is 6.08 Å². The molecular weight excluding hydrogens is 346 g/mol. The van der Waals surface area contributed by atoms with Gasteiger partial charge in [0.15, 0.2) is 0 Å². The zero-order valence-electron chi connectivity index (χ0n) is 19.5. The van der Waals surface area contributed by atoms with Crippen molar-refractivity contribution in [1.82, 2.24) is 0 Å². The van der Waals surface area contributed by atoms with Crippen LogP contribution < -0.4 is 0 Å². The van der Waals surface area contributed by atoms with Gasteiger partial charge in [-0.05, 0) is 26.7 Å². The first-order valence-corrected chi connectivity index (χ1v) is 12.3. The SMILES string of the molecule is C=CC(=O)OCC[N+](CC)(CC)CCCCCCCCCCCCCCCC. The molecule has 0 fully saturated rings. The maximum Gasteiger partial charge on any atom is 0.330 e. The quantitative estimate of drug-likeness (QED) is 0.0898. The van der Waals surface area contributed by atoms with Crippen molar-refractivity contribution in [3.05, 3.63) is 12.7 Å². The summed E-state index contributed by atoms with van der Waals surface area (Å²) in [5.41, 5.74) is 0. The van der Waals surface area contributed by atoms with Crippen LogP contribution in [0.5, 0.6) is 0 Å². The molecule has 0 saturated carbocycles. The third-order valence-electron chi connectivity index (χ3n) is 6.30. The Morgan fingerprint density at radius 3 is 1.54 bits per heavy atom. The summed E-state index contributed by atoms with van der Waals surface area (Å²) in [6, 6.07) is 0. The zero-order valence-corrected chi connectivity index (χ0v) is 19.5. The Labute approximate surface area is 176 Å². The molecular formula is C25H50NO2+. The third kappa shape index (κ3) is 15.1. The van der Waals surface area contributed by atoms with Crippen molar-refractivity contribution in [3.8, 4) is 0 Å². The average molecular weight is 397 g/mol. The Hall–Kier alpha value is -0.830. The van der Waals surface area contributed by atoms with E-state index in [1.54, 1.807) is 0 Å². The summed E-state index contributed by atoms with van der Waals surface area (Å²) in [4.78, 5) is 11.2. The summed E-state index contributed by atoms with van der Waals surface area (Å²) in [5, 5.41) is 0. The monoisotopic (exact) mass is 396 g/mol. The van der Waals surface area contributed by atoms with Crippen LogP contribution in [-0.2, 0) is 9.53 Å². The van der Waals surface area contributed by atoms with Gasteiger partial charge in [-0.1, -0.05) is 90.6 Å². The largest absolute Gasteiger partial charge is 0.457 e. The highest BCUT2D eigenvalue weighted by atomic mass is 16.5. The summed E-state index contributed by atoms with van der Waals surface area (Å²) < 4.78 is 6.26. The molecule has 0 bridgehead atoms. The molecule has 0 heterocycles. The minimum atomic E-state index is -0.304. The molecule has 28 heavy (non-hydrogen) atoms. The molecule has 3 heteroatoms. The number of esters is 1. The molecule has 0 aliphatic carbocycles. The molecule has 0 saturated heterocycles. The fourth-order valence-corrected chi connectivity index (χ4v) is 4.01. The first-order valence-electron chi connectivity index (χ1n) is 12.3. The predicted molar refractivity (Wildman–Crippen MR) is 123 cm³/mol. The normalized spacial score (nSPS) is 11.5. The van der Waals surface area contributed by atoms with Crippen LogP contribution >= 0.6 is 0 Å². The zero-order chi connectivity index (χ0) is 20.9. The van der Waals surface area contributed by atoms with Crippen LogP contribution in [0.25, 0.3) is 0 Å². The molecule has 0 N–H and O–H groups in total. The number of unbranched alkanes of at least 4 members (excludes halogenated alkanes) is 13. The molecule has 0 spiro atoms. The lowest BCUT2D eigenvalue weighted by molar-refractivity contribution is -0.925. The molecule has 0 aliphatic rings. The van der Waals surface area contributed by atoms with E-state index >= 15 is 0 Å².